The molecule has 4 N–H and O–H groups in total. The number of rotatable bonds is 8. The van der Waals surface area contributed by atoms with Crippen LogP contribution in [0.3, 0.4) is 0 Å². The summed E-state index contributed by atoms with van der Waals surface area (Å²) in [6, 6.07) is 5.46. The highest BCUT2D eigenvalue weighted by Gasteiger charge is 2.51. The van der Waals surface area contributed by atoms with Crippen LogP contribution in [0, 0.1) is 5.82 Å². The third kappa shape index (κ3) is 4.82. The number of amides is 2. The van der Waals surface area contributed by atoms with Gasteiger partial charge >= 0.3 is 0 Å². The van der Waals surface area contributed by atoms with Crippen LogP contribution in [-0.4, -0.2) is 70.9 Å². The smallest absolute Gasteiger partial charge is 0.294 e. The highest BCUT2D eigenvalue weighted by Crippen LogP contribution is 2.32. The first-order valence-corrected chi connectivity index (χ1v) is 10.6. The summed E-state index contributed by atoms with van der Waals surface area (Å²) in [6.45, 7) is 2.35. The zero-order valence-electron chi connectivity index (χ0n) is 19.0. The molecule has 2 atom stereocenters. The second-order valence-corrected chi connectivity index (χ2v) is 7.88. The quantitative estimate of drug-likeness (QED) is 0.383. The van der Waals surface area contributed by atoms with Crippen molar-refractivity contribution in [3.05, 3.63) is 57.5 Å². The van der Waals surface area contributed by atoms with E-state index in [2.05, 4.69) is 20.6 Å². The maximum absolute atomic E-state index is 13.2. The van der Waals surface area contributed by atoms with Crippen LogP contribution in [0.5, 0.6) is 5.75 Å². The number of benzene rings is 1. The summed E-state index contributed by atoms with van der Waals surface area (Å²) >= 11 is 0. The fourth-order valence-electron chi connectivity index (χ4n) is 3.83. The molecule has 12 heteroatoms. The topological polar surface area (TPSA) is 154 Å². The second kappa shape index (κ2) is 10.1. The van der Waals surface area contributed by atoms with Gasteiger partial charge in [-0.2, -0.15) is 0 Å². The number of ketones is 1. The van der Waals surface area contributed by atoms with Crippen LogP contribution < -0.4 is 16.2 Å². The Bertz CT molecular complexity index is 1150. The monoisotopic (exact) mass is 475 g/mol. The van der Waals surface area contributed by atoms with Crippen LogP contribution in [0.1, 0.15) is 35.2 Å². The number of halogens is 1. The first-order chi connectivity index (χ1) is 16.1. The van der Waals surface area contributed by atoms with E-state index in [9.17, 15) is 28.7 Å². The van der Waals surface area contributed by atoms with Gasteiger partial charge in [-0.1, -0.05) is 12.1 Å². The van der Waals surface area contributed by atoms with Crippen molar-refractivity contribution >= 4 is 17.6 Å². The predicted molar refractivity (Wildman–Crippen MR) is 118 cm³/mol. The molecule has 1 aliphatic heterocycles. The molecule has 2 heterocycles. The van der Waals surface area contributed by atoms with Gasteiger partial charge in [-0.3, -0.25) is 24.5 Å². The molecule has 0 spiro atoms. The molecule has 2 amide bonds. The Hall–Kier alpha value is -3.64. The zero-order valence-corrected chi connectivity index (χ0v) is 19.0. The van der Waals surface area contributed by atoms with E-state index in [-0.39, 0.29) is 25.3 Å². The number of Topliss-reactive ketones (excluding diaryl/α,β-unsaturated/α-hetero) is 1. The van der Waals surface area contributed by atoms with E-state index in [4.69, 9.17) is 4.74 Å². The van der Waals surface area contributed by atoms with Gasteiger partial charge in [-0.25, -0.2) is 9.37 Å². The molecule has 1 aromatic carbocycles. The lowest BCUT2D eigenvalue weighted by Crippen LogP contribution is -2.52. The minimum atomic E-state index is -1.77. The lowest BCUT2D eigenvalue weighted by Gasteiger charge is -2.27. The average Bonchev–Trinajstić information content (AvgIpc) is 3.26. The molecule has 1 aromatic heterocycles. The molecule has 11 nitrogen and oxygen atoms in total. The van der Waals surface area contributed by atoms with Gasteiger partial charge in [-0.15, -0.1) is 0 Å². The van der Waals surface area contributed by atoms with E-state index in [1.807, 2.05) is 0 Å². The van der Waals surface area contributed by atoms with Crippen molar-refractivity contribution in [3.8, 4) is 5.75 Å². The highest BCUT2D eigenvalue weighted by atomic mass is 19.1. The number of aromatic hydroxyl groups is 1. The van der Waals surface area contributed by atoms with Crippen LogP contribution in [-0.2, 0) is 26.4 Å². The average molecular weight is 475 g/mol. The third-order valence-electron chi connectivity index (χ3n) is 5.57. The van der Waals surface area contributed by atoms with E-state index in [1.165, 1.54) is 43.3 Å². The lowest BCUT2D eigenvalue weighted by atomic mass is 9.89. The molecular formula is C22H26FN5O6. The van der Waals surface area contributed by atoms with Crippen molar-refractivity contribution in [3.63, 3.8) is 0 Å². The molecule has 0 bridgehead atoms. The molecule has 0 saturated carbocycles. The lowest BCUT2D eigenvalue weighted by molar-refractivity contribution is -0.142. The number of carbonyl (C=O) groups excluding carboxylic acids is 3. The minimum Gasteiger partial charge on any atom is -0.501 e. The van der Waals surface area contributed by atoms with Crippen molar-refractivity contribution in [2.24, 2.45) is 0 Å². The Morgan fingerprint density at radius 2 is 2.00 bits per heavy atom. The number of nitrogens with zero attached hydrogens (tertiary/aromatic N) is 2. The van der Waals surface area contributed by atoms with Gasteiger partial charge in [0, 0.05) is 40.2 Å². The van der Waals surface area contributed by atoms with Crippen LogP contribution in [0.25, 0.3) is 0 Å². The molecule has 3 rings (SSSR count). The van der Waals surface area contributed by atoms with E-state index in [1.54, 1.807) is 6.92 Å². The van der Waals surface area contributed by atoms with Crippen LogP contribution in [0.15, 0.2) is 29.1 Å². The van der Waals surface area contributed by atoms with E-state index in [0.29, 0.717) is 12.2 Å². The Balaban J connectivity index is 2.01. The molecule has 182 valence electrons. The molecule has 1 aliphatic rings. The maximum atomic E-state index is 13.2. The Morgan fingerprint density at radius 3 is 2.62 bits per heavy atom. The molecule has 0 aliphatic carbocycles. The SMILES string of the molecule is CCO[C@H]1CN[C@@](C(=O)C(=O)NC)(c2nc(C(=O)N(C)Cc3ccc(F)cc3)c(O)c(=O)[nH]2)C1. The number of hydrogen-bond acceptors (Lipinski definition) is 8. The van der Waals surface area contributed by atoms with Crippen molar-refractivity contribution in [2.45, 2.75) is 31.5 Å². The van der Waals surface area contributed by atoms with Gasteiger partial charge in [0.1, 0.15) is 17.2 Å². The minimum absolute atomic E-state index is 0.0279. The van der Waals surface area contributed by atoms with Crippen LogP contribution in [0.4, 0.5) is 4.39 Å². The summed E-state index contributed by atoms with van der Waals surface area (Å²) in [5.74, 6) is -4.31. The molecule has 0 unspecified atom stereocenters. The summed E-state index contributed by atoms with van der Waals surface area (Å²) in [5, 5.41) is 15.5. The van der Waals surface area contributed by atoms with Gasteiger partial charge in [0.25, 0.3) is 17.4 Å². The fraction of sp³-hybridized carbons (Fsp3) is 0.409. The number of ether oxygens (including phenoxy) is 1. The van der Waals surface area contributed by atoms with Crippen molar-refractivity contribution in [1.82, 2.24) is 25.5 Å². The zero-order chi connectivity index (χ0) is 25.0. The van der Waals surface area contributed by atoms with Crippen LogP contribution >= 0.6 is 0 Å². The first-order valence-electron chi connectivity index (χ1n) is 10.6. The molecule has 0 radical (unpaired) electrons. The third-order valence-corrected chi connectivity index (χ3v) is 5.57. The van der Waals surface area contributed by atoms with Crippen molar-refractivity contribution in [1.29, 1.82) is 0 Å². The number of carbonyl (C=O) groups is 3. The number of aromatic nitrogens is 2. The summed E-state index contributed by atoms with van der Waals surface area (Å²) in [5.41, 5.74) is -2.80. The summed E-state index contributed by atoms with van der Waals surface area (Å²) in [4.78, 5) is 58.5. The Morgan fingerprint density at radius 1 is 1.32 bits per heavy atom. The number of hydrogen-bond donors (Lipinski definition) is 4. The Kier molecular flexibility index (Phi) is 7.42. The largest absolute Gasteiger partial charge is 0.501 e. The van der Waals surface area contributed by atoms with Crippen molar-refractivity contribution < 1.29 is 28.6 Å². The normalized spacial score (nSPS) is 19.6. The van der Waals surface area contributed by atoms with Crippen molar-refractivity contribution in [2.75, 3.05) is 27.2 Å². The maximum Gasteiger partial charge on any atom is 0.294 e. The molecule has 1 saturated heterocycles. The number of likely N-dealkylation sites (N-methyl/N-ethyl adjacent to an activating group) is 1. The molecule has 1 fully saturated rings. The van der Waals surface area contributed by atoms with E-state index < -0.39 is 52.1 Å². The predicted octanol–water partition coefficient (Wildman–Crippen LogP) is -0.204. The van der Waals surface area contributed by atoms with Gasteiger partial charge in [0.2, 0.25) is 11.5 Å². The van der Waals surface area contributed by atoms with E-state index in [0.717, 1.165) is 0 Å². The van der Waals surface area contributed by atoms with Gasteiger partial charge in [0.05, 0.1) is 6.10 Å². The number of aromatic amines is 1. The Labute approximate surface area is 194 Å². The van der Waals surface area contributed by atoms with Gasteiger partial charge in [0.15, 0.2) is 5.69 Å². The first kappa shape index (κ1) is 25.0. The molecule has 34 heavy (non-hydrogen) atoms. The number of nitrogens with one attached hydrogen (secondary N) is 3. The summed E-state index contributed by atoms with van der Waals surface area (Å²) < 4.78 is 18.7. The van der Waals surface area contributed by atoms with Crippen LogP contribution in [0.2, 0.25) is 0 Å². The van der Waals surface area contributed by atoms with Gasteiger partial charge in [-0.05, 0) is 24.6 Å². The fourth-order valence-corrected chi connectivity index (χ4v) is 3.83. The molecule has 2 aromatic rings. The van der Waals surface area contributed by atoms with Gasteiger partial charge < -0.3 is 25.0 Å². The van der Waals surface area contributed by atoms with E-state index >= 15 is 0 Å². The molecular weight excluding hydrogens is 449 g/mol. The summed E-state index contributed by atoms with van der Waals surface area (Å²) in [7, 11) is 2.70. The highest BCUT2D eigenvalue weighted by molar-refractivity contribution is 6.39. The summed E-state index contributed by atoms with van der Waals surface area (Å²) in [6.07, 6.45) is -0.488. The standard InChI is InChI=1S/C22H26FN5O6/c1-4-34-14-9-22(25-10-14,17(30)19(32)24-2)21-26-15(16(29)18(31)27-21)20(33)28(3)11-12-5-7-13(23)8-6-12/h5-8,14,25,29H,4,9-11H2,1-3H3,(H,24,32)(H,26,27,31)/t14-,22+/m1/s1. The second-order valence-electron chi connectivity index (χ2n) is 7.88. The number of H-pyrrole nitrogens is 1.